The zero-order chi connectivity index (χ0) is 16.7. The Morgan fingerprint density at radius 3 is 2.79 bits per heavy atom. The molecular formula is C15H21ClF3N3O2. The van der Waals surface area contributed by atoms with Crippen LogP contribution in [-0.2, 0) is 0 Å². The minimum absolute atomic E-state index is 0. The minimum Gasteiger partial charge on any atom is -0.468 e. The van der Waals surface area contributed by atoms with Crippen LogP contribution in [-0.4, -0.2) is 43.3 Å². The van der Waals surface area contributed by atoms with E-state index in [0.29, 0.717) is 18.0 Å². The van der Waals surface area contributed by atoms with E-state index in [1.165, 1.54) is 18.3 Å². The van der Waals surface area contributed by atoms with Crippen LogP contribution >= 0.6 is 12.4 Å². The van der Waals surface area contributed by atoms with Crippen LogP contribution in [0, 0.1) is 5.92 Å². The zero-order valence-corrected chi connectivity index (χ0v) is 13.9. The fourth-order valence-electron chi connectivity index (χ4n) is 2.42. The summed E-state index contributed by atoms with van der Waals surface area (Å²) in [6.45, 7) is 1.19. The summed E-state index contributed by atoms with van der Waals surface area (Å²) in [6, 6.07) is 2.65. The van der Waals surface area contributed by atoms with Crippen molar-refractivity contribution in [1.29, 1.82) is 0 Å². The van der Waals surface area contributed by atoms with Gasteiger partial charge in [0.1, 0.15) is 0 Å². The van der Waals surface area contributed by atoms with Crippen molar-refractivity contribution in [1.82, 2.24) is 15.6 Å². The van der Waals surface area contributed by atoms with Crippen LogP contribution in [0.15, 0.2) is 18.3 Å². The molecule has 2 rings (SSSR count). The Labute approximate surface area is 144 Å². The molecule has 0 aliphatic carbocycles. The van der Waals surface area contributed by atoms with Crippen LogP contribution in [0.3, 0.4) is 0 Å². The fraction of sp³-hybridized carbons (Fsp3) is 0.600. The minimum atomic E-state index is -4.41. The SMILES string of the molecule is Cl.O=C(NCCC1CCCNC1)c1ccc(OCC(F)(F)F)nc1. The van der Waals surface area contributed by atoms with Crippen LogP contribution in [0.4, 0.5) is 13.2 Å². The largest absolute Gasteiger partial charge is 0.468 e. The summed E-state index contributed by atoms with van der Waals surface area (Å²) in [4.78, 5) is 15.6. The number of rotatable bonds is 6. The van der Waals surface area contributed by atoms with Crippen molar-refractivity contribution in [3.63, 3.8) is 0 Å². The Bertz CT molecular complexity index is 506. The Hall–Kier alpha value is -1.54. The Kier molecular flexibility index (Phi) is 8.27. The number of halogens is 4. The molecule has 1 aromatic rings. The molecule has 5 nitrogen and oxygen atoms in total. The molecule has 2 N–H and O–H groups in total. The number of ether oxygens (including phenoxy) is 1. The van der Waals surface area contributed by atoms with E-state index in [2.05, 4.69) is 20.4 Å². The molecule has 0 saturated carbocycles. The number of hydrogen-bond donors (Lipinski definition) is 2. The van der Waals surface area contributed by atoms with Crippen molar-refractivity contribution in [3.8, 4) is 5.88 Å². The average Bonchev–Trinajstić information content (AvgIpc) is 2.54. The predicted octanol–water partition coefficient (Wildman–Crippen LogP) is 2.56. The van der Waals surface area contributed by atoms with Crippen molar-refractivity contribution in [2.75, 3.05) is 26.2 Å². The number of carbonyl (C=O) groups is 1. The van der Waals surface area contributed by atoms with Gasteiger partial charge in [-0.15, -0.1) is 12.4 Å². The van der Waals surface area contributed by atoms with Gasteiger partial charge in [0.2, 0.25) is 5.88 Å². The number of alkyl halides is 3. The van der Waals surface area contributed by atoms with Gasteiger partial charge in [-0.25, -0.2) is 4.98 Å². The smallest absolute Gasteiger partial charge is 0.422 e. The van der Waals surface area contributed by atoms with Gasteiger partial charge in [-0.3, -0.25) is 4.79 Å². The highest BCUT2D eigenvalue weighted by Crippen LogP contribution is 2.17. The van der Waals surface area contributed by atoms with E-state index in [1.807, 2.05) is 0 Å². The van der Waals surface area contributed by atoms with Crippen LogP contribution in [0.25, 0.3) is 0 Å². The molecule has 1 unspecified atom stereocenters. The first-order valence-electron chi connectivity index (χ1n) is 7.58. The number of nitrogens with one attached hydrogen (secondary N) is 2. The third-order valence-electron chi connectivity index (χ3n) is 3.62. The van der Waals surface area contributed by atoms with Crippen LogP contribution in [0.2, 0.25) is 0 Å². The Morgan fingerprint density at radius 2 is 2.21 bits per heavy atom. The quantitative estimate of drug-likeness (QED) is 0.811. The standard InChI is InChI=1S/C15H20F3N3O2.ClH/c16-15(17,18)10-23-13-4-3-12(9-21-13)14(22)20-7-5-11-2-1-6-19-8-11;/h3-4,9,11,19H,1-2,5-8,10H2,(H,20,22);1H. The number of carbonyl (C=O) groups excluding carboxylic acids is 1. The Morgan fingerprint density at radius 1 is 1.42 bits per heavy atom. The molecule has 1 aliphatic rings. The molecule has 0 radical (unpaired) electrons. The van der Waals surface area contributed by atoms with Crippen molar-refractivity contribution >= 4 is 18.3 Å². The maximum atomic E-state index is 12.0. The summed E-state index contributed by atoms with van der Waals surface area (Å²) >= 11 is 0. The second kappa shape index (κ2) is 9.68. The van der Waals surface area contributed by atoms with E-state index in [4.69, 9.17) is 0 Å². The molecule has 136 valence electrons. The molecule has 24 heavy (non-hydrogen) atoms. The normalized spacial score (nSPS) is 17.7. The van der Waals surface area contributed by atoms with Crippen LogP contribution in [0.1, 0.15) is 29.6 Å². The molecule has 1 aromatic heterocycles. The van der Waals surface area contributed by atoms with E-state index in [-0.39, 0.29) is 24.2 Å². The molecule has 1 atom stereocenters. The number of hydrogen-bond acceptors (Lipinski definition) is 4. The first-order valence-corrected chi connectivity index (χ1v) is 7.58. The second-order valence-electron chi connectivity index (χ2n) is 5.55. The van der Waals surface area contributed by atoms with Gasteiger partial charge >= 0.3 is 6.18 Å². The van der Waals surface area contributed by atoms with Crippen LogP contribution < -0.4 is 15.4 Å². The number of pyridine rings is 1. The molecule has 1 saturated heterocycles. The third-order valence-corrected chi connectivity index (χ3v) is 3.62. The van der Waals surface area contributed by atoms with E-state index < -0.39 is 12.8 Å². The average molecular weight is 368 g/mol. The van der Waals surface area contributed by atoms with Crippen molar-refractivity contribution in [2.45, 2.75) is 25.4 Å². The summed E-state index contributed by atoms with van der Waals surface area (Å²) in [5.41, 5.74) is 0.297. The third kappa shape index (κ3) is 7.35. The maximum Gasteiger partial charge on any atom is 0.422 e. The summed E-state index contributed by atoms with van der Waals surface area (Å²) in [6.07, 6.45) is 0.0193. The van der Waals surface area contributed by atoms with Gasteiger partial charge in [0.05, 0.1) is 5.56 Å². The van der Waals surface area contributed by atoms with Gasteiger partial charge in [-0.05, 0) is 44.3 Å². The number of nitrogens with zero attached hydrogens (tertiary/aromatic N) is 1. The molecule has 1 aliphatic heterocycles. The van der Waals surface area contributed by atoms with Gasteiger partial charge < -0.3 is 15.4 Å². The highest BCUT2D eigenvalue weighted by atomic mass is 35.5. The van der Waals surface area contributed by atoms with Crippen molar-refractivity contribution < 1.29 is 22.7 Å². The van der Waals surface area contributed by atoms with Crippen LogP contribution in [0.5, 0.6) is 5.88 Å². The Balaban J connectivity index is 0.00000288. The van der Waals surface area contributed by atoms with E-state index in [9.17, 15) is 18.0 Å². The molecular weight excluding hydrogens is 347 g/mol. The van der Waals surface area contributed by atoms with Gasteiger partial charge in [0, 0.05) is 18.8 Å². The lowest BCUT2D eigenvalue weighted by atomic mass is 9.96. The molecule has 9 heteroatoms. The lowest BCUT2D eigenvalue weighted by molar-refractivity contribution is -0.154. The van der Waals surface area contributed by atoms with Crippen molar-refractivity contribution in [2.24, 2.45) is 5.92 Å². The molecule has 0 aromatic carbocycles. The van der Waals surface area contributed by atoms with Gasteiger partial charge in [-0.1, -0.05) is 0 Å². The lowest BCUT2D eigenvalue weighted by Crippen LogP contribution is -2.33. The molecule has 0 spiro atoms. The van der Waals surface area contributed by atoms with Gasteiger partial charge in [0.25, 0.3) is 5.91 Å². The fourth-order valence-corrected chi connectivity index (χ4v) is 2.42. The molecule has 1 amide bonds. The monoisotopic (exact) mass is 367 g/mol. The second-order valence-corrected chi connectivity index (χ2v) is 5.55. The summed E-state index contributed by atoms with van der Waals surface area (Å²) in [7, 11) is 0. The van der Waals surface area contributed by atoms with E-state index in [1.54, 1.807) is 0 Å². The molecule has 0 bridgehead atoms. The van der Waals surface area contributed by atoms with Gasteiger partial charge in [0.15, 0.2) is 6.61 Å². The summed E-state index contributed by atoms with van der Waals surface area (Å²) < 4.78 is 40.6. The topological polar surface area (TPSA) is 63.2 Å². The van der Waals surface area contributed by atoms with Gasteiger partial charge in [-0.2, -0.15) is 13.2 Å². The van der Waals surface area contributed by atoms with E-state index >= 15 is 0 Å². The van der Waals surface area contributed by atoms with Crippen molar-refractivity contribution in [3.05, 3.63) is 23.9 Å². The number of piperidine rings is 1. The predicted molar refractivity (Wildman–Crippen MR) is 85.6 cm³/mol. The summed E-state index contributed by atoms with van der Waals surface area (Å²) in [5, 5.41) is 6.11. The highest BCUT2D eigenvalue weighted by Gasteiger charge is 2.28. The lowest BCUT2D eigenvalue weighted by Gasteiger charge is -2.22. The molecule has 1 fully saturated rings. The summed E-state index contributed by atoms with van der Waals surface area (Å²) in [5.74, 6) is 0.121. The number of aromatic nitrogens is 1. The van der Waals surface area contributed by atoms with E-state index in [0.717, 1.165) is 32.4 Å². The first-order chi connectivity index (χ1) is 10.9. The maximum absolute atomic E-state index is 12.0. The first kappa shape index (κ1) is 20.5. The molecule has 2 heterocycles. The zero-order valence-electron chi connectivity index (χ0n) is 13.1. The number of amides is 1. The highest BCUT2D eigenvalue weighted by molar-refractivity contribution is 5.93.